The van der Waals surface area contributed by atoms with Gasteiger partial charge in [0.1, 0.15) is 5.60 Å². The minimum Gasteiger partial charge on any atom is -0.444 e. The molecule has 1 rings (SSSR count). The van der Waals surface area contributed by atoms with Crippen molar-refractivity contribution in [2.75, 3.05) is 18.4 Å². The molecule has 0 aromatic carbocycles. The lowest BCUT2D eigenvalue weighted by Crippen LogP contribution is -2.39. The van der Waals surface area contributed by atoms with Crippen molar-refractivity contribution in [2.24, 2.45) is 0 Å². The highest BCUT2D eigenvalue weighted by atomic mass is 79.9. The molecule has 0 atom stereocenters. The number of carbonyl (C=O) groups excluding carboxylic acids is 1. The lowest BCUT2D eigenvalue weighted by Gasteiger charge is -2.29. The van der Waals surface area contributed by atoms with Crippen molar-refractivity contribution in [1.29, 1.82) is 0 Å². The molecule has 0 radical (unpaired) electrons. The van der Waals surface area contributed by atoms with Crippen molar-refractivity contribution in [3.8, 4) is 0 Å². The van der Waals surface area contributed by atoms with E-state index < -0.39 is 10.9 Å². The van der Waals surface area contributed by atoms with Gasteiger partial charge in [-0.05, 0) is 27.2 Å². The van der Waals surface area contributed by atoms with Gasteiger partial charge in [0.2, 0.25) is 0 Å². The Balaban J connectivity index is 2.58. The summed E-state index contributed by atoms with van der Waals surface area (Å²) in [6, 6.07) is 0. The highest BCUT2D eigenvalue weighted by Gasteiger charge is 2.23. The first-order chi connectivity index (χ1) is 7.59. The Morgan fingerprint density at radius 1 is 1.73 bits per heavy atom. The second-order valence-corrected chi connectivity index (χ2v) is 4.90. The summed E-state index contributed by atoms with van der Waals surface area (Å²) in [6.45, 7) is 6.37. The molecule has 0 fully saturated rings. The van der Waals surface area contributed by atoms with Crippen LogP contribution in [0.15, 0.2) is 11.6 Å². The number of hydrogen-bond acceptors (Lipinski definition) is 2. The second-order valence-electron chi connectivity index (χ2n) is 4.50. The van der Waals surface area contributed by atoms with Crippen LogP contribution in [0.4, 0.5) is 4.79 Å². The first-order valence-electron chi connectivity index (χ1n) is 5.96. The Morgan fingerprint density at radius 3 is 2.80 bits per heavy atom. The van der Waals surface area contributed by atoms with E-state index in [1.54, 1.807) is 11.0 Å². The van der Waals surface area contributed by atoms with Crippen LogP contribution in [0.2, 0.25) is 0 Å². The zero-order chi connectivity index (χ0) is 13.3. The fraction of sp³-hybridized carbons (Fsp3) is 0.727. The Labute approximate surface area is 102 Å². The predicted octanol–water partition coefficient (Wildman–Crippen LogP) is 2.95. The molecule has 0 saturated carbocycles. The summed E-state index contributed by atoms with van der Waals surface area (Å²) in [5.41, 5.74) is 0.183. The van der Waals surface area contributed by atoms with Gasteiger partial charge in [-0.3, -0.25) is 0 Å². The summed E-state index contributed by atoms with van der Waals surface area (Å²) in [4.78, 5) is 13.3. The third-order valence-corrected chi connectivity index (χ3v) is 2.49. The zero-order valence-electron chi connectivity index (χ0n) is 11.3. The number of alkyl halides is 1. The molecule has 0 aromatic heterocycles. The van der Waals surface area contributed by atoms with Crippen LogP contribution in [0.3, 0.4) is 0 Å². The first-order valence-corrected chi connectivity index (χ1v) is 5.75. The fourth-order valence-electron chi connectivity index (χ4n) is 1.25. The number of ether oxygens (including phenoxy) is 1. The van der Waals surface area contributed by atoms with Gasteiger partial charge in [-0.15, -0.1) is 0 Å². The third kappa shape index (κ3) is 4.24. The van der Waals surface area contributed by atoms with Crippen molar-refractivity contribution in [2.45, 2.75) is 32.8 Å². The number of carbonyl (C=O) groups is 1. The quantitative estimate of drug-likeness (QED) is 0.545. The van der Waals surface area contributed by atoms with E-state index in [1.165, 1.54) is 0 Å². The molecule has 15 heavy (non-hydrogen) atoms. The third-order valence-electron chi connectivity index (χ3n) is 1.98. The Morgan fingerprint density at radius 2 is 2.40 bits per heavy atom. The molecule has 86 valence electrons. The van der Waals surface area contributed by atoms with E-state index in [4.69, 9.17) is 7.48 Å². The van der Waals surface area contributed by atoms with E-state index in [2.05, 4.69) is 15.9 Å². The number of nitrogens with zero attached hydrogens (tertiary/aromatic N) is 1. The monoisotopic (exact) mass is 277 g/mol. The van der Waals surface area contributed by atoms with E-state index in [0.717, 1.165) is 0 Å². The van der Waals surface area contributed by atoms with Crippen LogP contribution in [0.1, 0.15) is 29.9 Å². The molecule has 0 N–H and O–H groups in total. The zero-order valence-corrected chi connectivity index (χ0v) is 10.9. The summed E-state index contributed by atoms with van der Waals surface area (Å²) in [5.74, 6) is 0. The van der Waals surface area contributed by atoms with Crippen molar-refractivity contribution in [3.05, 3.63) is 11.6 Å². The molecule has 3 nitrogen and oxygen atoms in total. The van der Waals surface area contributed by atoms with E-state index in [1.807, 2.05) is 20.8 Å². The van der Waals surface area contributed by atoms with Crippen LogP contribution in [-0.2, 0) is 4.74 Å². The minimum atomic E-state index is -1.48. The van der Waals surface area contributed by atoms with Crippen LogP contribution in [0.25, 0.3) is 0 Å². The lowest BCUT2D eigenvalue weighted by molar-refractivity contribution is 0.0266. The molecular weight excluding hydrogens is 258 g/mol. The Bertz CT molecular complexity index is 331. The number of halogens is 1. The van der Waals surface area contributed by atoms with Gasteiger partial charge in [-0.2, -0.15) is 0 Å². The topological polar surface area (TPSA) is 29.5 Å². The van der Waals surface area contributed by atoms with Crippen LogP contribution in [0, 0.1) is 0 Å². The predicted molar refractivity (Wildman–Crippen MR) is 64.3 cm³/mol. The standard InChI is InChI=1S/C11H18BrNO2/c1-11(2,3)15-10(14)13-6-4-9(8-12)5-7-13/h4H,5-8H2,1-3H3/i8D2. The maximum Gasteiger partial charge on any atom is 0.410 e. The second kappa shape index (κ2) is 5.01. The molecular formula is C11H18BrNO2. The van der Waals surface area contributed by atoms with E-state index in [9.17, 15) is 4.79 Å². The SMILES string of the molecule is [2H]C([2H])(Br)C1=CCN(C(=O)OC(C)(C)C)CC1. The molecule has 0 bridgehead atoms. The van der Waals surface area contributed by atoms with Gasteiger partial charge in [-0.25, -0.2) is 4.79 Å². The van der Waals surface area contributed by atoms with E-state index in [-0.39, 0.29) is 6.09 Å². The first kappa shape index (κ1) is 9.70. The van der Waals surface area contributed by atoms with Crippen molar-refractivity contribution in [1.82, 2.24) is 4.90 Å². The molecule has 1 amide bonds. The number of hydrogen-bond donors (Lipinski definition) is 0. The molecule has 0 saturated heterocycles. The van der Waals surface area contributed by atoms with Crippen LogP contribution >= 0.6 is 15.9 Å². The normalized spacial score (nSPS) is 20.3. The maximum absolute atomic E-state index is 11.7. The Hall–Kier alpha value is -0.510. The molecule has 1 heterocycles. The maximum atomic E-state index is 11.7. The van der Waals surface area contributed by atoms with E-state index >= 15 is 0 Å². The van der Waals surface area contributed by atoms with Gasteiger partial charge in [0.15, 0.2) is 0 Å². The van der Waals surface area contributed by atoms with Gasteiger partial charge < -0.3 is 9.64 Å². The number of rotatable bonds is 1. The largest absolute Gasteiger partial charge is 0.444 e. The highest BCUT2D eigenvalue weighted by Crippen LogP contribution is 2.16. The highest BCUT2D eigenvalue weighted by molar-refractivity contribution is 9.09. The molecule has 0 unspecified atom stereocenters. The lowest BCUT2D eigenvalue weighted by atomic mass is 10.1. The van der Waals surface area contributed by atoms with Crippen molar-refractivity contribution in [3.63, 3.8) is 0 Å². The smallest absolute Gasteiger partial charge is 0.410 e. The average Bonchev–Trinajstić information content (AvgIpc) is 2.14. The molecule has 1 aliphatic heterocycles. The summed E-state index contributed by atoms with van der Waals surface area (Å²) in [6.07, 6.45) is 1.92. The molecule has 0 aromatic rings. The van der Waals surface area contributed by atoms with Crippen LogP contribution in [0.5, 0.6) is 0 Å². The van der Waals surface area contributed by atoms with Gasteiger partial charge in [0.05, 0.1) is 0 Å². The average molecular weight is 278 g/mol. The molecule has 0 aliphatic carbocycles. The minimum absolute atomic E-state index is 0.345. The summed E-state index contributed by atoms with van der Waals surface area (Å²) >= 11 is 2.98. The van der Waals surface area contributed by atoms with Gasteiger partial charge in [-0.1, -0.05) is 27.6 Å². The molecule has 4 heteroatoms. The summed E-state index contributed by atoms with van der Waals surface area (Å²) in [5, 5.41) is -1.48. The fourth-order valence-corrected chi connectivity index (χ4v) is 1.61. The molecule has 1 aliphatic rings. The van der Waals surface area contributed by atoms with Crippen molar-refractivity contribution >= 4 is 22.0 Å². The summed E-state index contributed by atoms with van der Waals surface area (Å²) in [7, 11) is 0. The van der Waals surface area contributed by atoms with Gasteiger partial charge >= 0.3 is 6.09 Å². The van der Waals surface area contributed by atoms with E-state index in [0.29, 0.717) is 25.1 Å². The van der Waals surface area contributed by atoms with Crippen molar-refractivity contribution < 1.29 is 12.3 Å². The van der Waals surface area contributed by atoms with Crippen LogP contribution < -0.4 is 0 Å². The number of amides is 1. The molecule has 0 spiro atoms. The van der Waals surface area contributed by atoms with Gasteiger partial charge in [0, 0.05) is 21.1 Å². The summed E-state index contributed by atoms with van der Waals surface area (Å²) < 4.78 is 20.3. The van der Waals surface area contributed by atoms with Crippen LogP contribution in [-0.4, -0.2) is 35.0 Å². The van der Waals surface area contributed by atoms with Gasteiger partial charge in [0.25, 0.3) is 0 Å². The Kier molecular flexibility index (Phi) is 3.24.